The predicted molar refractivity (Wildman–Crippen MR) is 80.0 cm³/mol. The molecular formula is C16H24N2O4. The van der Waals surface area contributed by atoms with Crippen LogP contribution in [0.2, 0.25) is 0 Å². The van der Waals surface area contributed by atoms with E-state index in [9.17, 15) is 4.79 Å². The fraction of sp³-hybridized carbons (Fsp3) is 0.688. The van der Waals surface area contributed by atoms with Crippen molar-refractivity contribution in [2.45, 2.75) is 20.1 Å². The summed E-state index contributed by atoms with van der Waals surface area (Å²) >= 11 is 0. The van der Waals surface area contributed by atoms with Crippen molar-refractivity contribution >= 4 is 5.91 Å². The second-order valence-corrected chi connectivity index (χ2v) is 6.24. The van der Waals surface area contributed by atoms with Crippen LogP contribution in [-0.4, -0.2) is 60.2 Å². The number of rotatable bonds is 4. The second-order valence-electron chi connectivity index (χ2n) is 6.24. The fourth-order valence-electron chi connectivity index (χ4n) is 3.35. The van der Waals surface area contributed by atoms with E-state index in [0.717, 1.165) is 18.8 Å². The third-order valence-corrected chi connectivity index (χ3v) is 4.58. The molecule has 0 aromatic carbocycles. The summed E-state index contributed by atoms with van der Waals surface area (Å²) in [7, 11) is 0. The molecule has 0 unspecified atom stereocenters. The standard InChI is InChI=1S/C16H24N2O4/c1-12-8-17(9-13-2-3-14(11-19)22-13)10-15(12)16(20)18-4-6-21-7-5-18/h2-3,12,15,19H,4-11H2,1H3/t12-,15-/m1/s1. The molecule has 0 saturated carbocycles. The van der Waals surface area contributed by atoms with Crippen molar-refractivity contribution in [2.75, 3.05) is 39.4 Å². The minimum absolute atomic E-state index is 0.0605. The Hall–Kier alpha value is -1.37. The first-order chi connectivity index (χ1) is 10.7. The molecule has 1 amide bonds. The van der Waals surface area contributed by atoms with Crippen molar-refractivity contribution in [3.05, 3.63) is 23.7 Å². The predicted octanol–water partition coefficient (Wildman–Crippen LogP) is 0.699. The van der Waals surface area contributed by atoms with Crippen molar-refractivity contribution in [3.63, 3.8) is 0 Å². The monoisotopic (exact) mass is 308 g/mol. The van der Waals surface area contributed by atoms with E-state index in [1.165, 1.54) is 0 Å². The normalized spacial score (nSPS) is 26.5. The van der Waals surface area contributed by atoms with Gasteiger partial charge in [-0.3, -0.25) is 9.69 Å². The highest BCUT2D eigenvalue weighted by Gasteiger charge is 2.37. The van der Waals surface area contributed by atoms with Gasteiger partial charge < -0.3 is 19.2 Å². The Labute approximate surface area is 130 Å². The number of carbonyl (C=O) groups excluding carboxylic acids is 1. The van der Waals surface area contributed by atoms with E-state index < -0.39 is 0 Å². The third kappa shape index (κ3) is 3.34. The molecule has 1 aromatic heterocycles. The molecule has 0 aliphatic carbocycles. The second kappa shape index (κ2) is 6.81. The number of aliphatic hydroxyl groups is 1. The number of nitrogens with zero attached hydrogens (tertiary/aromatic N) is 2. The Morgan fingerprint density at radius 2 is 2.00 bits per heavy atom. The van der Waals surface area contributed by atoms with Crippen LogP contribution in [0.4, 0.5) is 0 Å². The topological polar surface area (TPSA) is 66.2 Å². The van der Waals surface area contributed by atoms with Gasteiger partial charge in [-0.2, -0.15) is 0 Å². The Morgan fingerprint density at radius 3 is 2.68 bits per heavy atom. The minimum atomic E-state index is -0.0749. The van der Waals surface area contributed by atoms with Crippen molar-refractivity contribution < 1.29 is 19.1 Å². The SMILES string of the molecule is C[C@@H]1CN(Cc2ccc(CO)o2)C[C@H]1C(=O)N1CCOCC1. The average molecular weight is 308 g/mol. The molecule has 122 valence electrons. The summed E-state index contributed by atoms with van der Waals surface area (Å²) in [6.07, 6.45) is 0. The van der Waals surface area contributed by atoms with Gasteiger partial charge in [0.05, 0.1) is 25.7 Å². The maximum Gasteiger partial charge on any atom is 0.227 e. The molecule has 22 heavy (non-hydrogen) atoms. The summed E-state index contributed by atoms with van der Waals surface area (Å²) in [5, 5.41) is 9.05. The number of furan rings is 1. The first-order valence-electron chi connectivity index (χ1n) is 7.94. The number of carbonyl (C=O) groups is 1. The van der Waals surface area contributed by atoms with Crippen molar-refractivity contribution in [2.24, 2.45) is 11.8 Å². The molecule has 6 heteroatoms. The largest absolute Gasteiger partial charge is 0.462 e. The third-order valence-electron chi connectivity index (χ3n) is 4.58. The molecule has 1 aromatic rings. The lowest BCUT2D eigenvalue weighted by molar-refractivity contribution is -0.140. The van der Waals surface area contributed by atoms with Gasteiger partial charge in [0.1, 0.15) is 18.1 Å². The van der Waals surface area contributed by atoms with Crippen LogP contribution in [0.1, 0.15) is 18.4 Å². The van der Waals surface area contributed by atoms with Crippen LogP contribution in [0.5, 0.6) is 0 Å². The lowest BCUT2D eigenvalue weighted by atomic mass is 9.96. The number of hydrogen-bond acceptors (Lipinski definition) is 5. The first kappa shape index (κ1) is 15.5. The summed E-state index contributed by atoms with van der Waals surface area (Å²) in [5.41, 5.74) is 0. The van der Waals surface area contributed by atoms with Crippen LogP contribution in [0, 0.1) is 11.8 Å². The van der Waals surface area contributed by atoms with Gasteiger partial charge in [-0.15, -0.1) is 0 Å². The van der Waals surface area contributed by atoms with Gasteiger partial charge in [-0.05, 0) is 18.1 Å². The molecule has 2 saturated heterocycles. The molecule has 1 N–H and O–H groups in total. The fourth-order valence-corrected chi connectivity index (χ4v) is 3.35. The molecule has 2 atom stereocenters. The Bertz CT molecular complexity index is 510. The van der Waals surface area contributed by atoms with Crippen LogP contribution >= 0.6 is 0 Å². The van der Waals surface area contributed by atoms with E-state index in [-0.39, 0.29) is 18.4 Å². The number of ether oxygens (including phenoxy) is 1. The van der Waals surface area contributed by atoms with Gasteiger partial charge in [0.2, 0.25) is 5.91 Å². The van der Waals surface area contributed by atoms with Gasteiger partial charge in [0, 0.05) is 26.2 Å². The van der Waals surface area contributed by atoms with E-state index in [4.69, 9.17) is 14.3 Å². The van der Waals surface area contributed by atoms with E-state index >= 15 is 0 Å². The van der Waals surface area contributed by atoms with Crippen molar-refractivity contribution in [1.82, 2.24) is 9.80 Å². The van der Waals surface area contributed by atoms with Gasteiger partial charge in [0.25, 0.3) is 0 Å². The highest BCUT2D eigenvalue weighted by molar-refractivity contribution is 5.79. The van der Waals surface area contributed by atoms with Gasteiger partial charge >= 0.3 is 0 Å². The molecule has 6 nitrogen and oxygen atoms in total. The molecule has 3 heterocycles. The molecule has 2 aliphatic heterocycles. The Kier molecular flexibility index (Phi) is 4.81. The van der Waals surface area contributed by atoms with E-state index in [0.29, 0.717) is 44.5 Å². The highest BCUT2D eigenvalue weighted by Crippen LogP contribution is 2.27. The van der Waals surface area contributed by atoms with Gasteiger partial charge in [-0.1, -0.05) is 6.92 Å². The maximum atomic E-state index is 12.6. The van der Waals surface area contributed by atoms with E-state index in [2.05, 4.69) is 11.8 Å². The lowest BCUT2D eigenvalue weighted by Crippen LogP contribution is -2.45. The molecule has 0 spiro atoms. The van der Waals surface area contributed by atoms with Crippen LogP contribution in [0.15, 0.2) is 16.5 Å². The first-order valence-corrected chi connectivity index (χ1v) is 7.94. The molecule has 0 bridgehead atoms. The van der Waals surface area contributed by atoms with Crippen LogP contribution in [0.3, 0.4) is 0 Å². The summed E-state index contributed by atoms with van der Waals surface area (Å²) in [6, 6.07) is 3.69. The molecule has 3 rings (SSSR count). The number of hydrogen-bond donors (Lipinski definition) is 1. The zero-order valence-electron chi connectivity index (χ0n) is 13.0. The highest BCUT2D eigenvalue weighted by atomic mass is 16.5. The van der Waals surface area contributed by atoms with Gasteiger partial charge in [0.15, 0.2) is 0 Å². The zero-order chi connectivity index (χ0) is 15.5. The smallest absolute Gasteiger partial charge is 0.227 e. The van der Waals surface area contributed by atoms with Crippen LogP contribution in [0.25, 0.3) is 0 Å². The average Bonchev–Trinajstić information content (AvgIpc) is 3.14. The molecule has 2 aliphatic rings. The minimum Gasteiger partial charge on any atom is -0.462 e. The maximum absolute atomic E-state index is 12.6. The quantitative estimate of drug-likeness (QED) is 0.887. The Balaban J connectivity index is 1.57. The van der Waals surface area contributed by atoms with E-state index in [1.54, 1.807) is 6.07 Å². The van der Waals surface area contributed by atoms with E-state index in [1.807, 2.05) is 11.0 Å². The summed E-state index contributed by atoms with van der Waals surface area (Å²) < 4.78 is 10.9. The number of morpholine rings is 1. The zero-order valence-corrected chi connectivity index (χ0v) is 13.0. The summed E-state index contributed by atoms with van der Waals surface area (Å²) in [5.74, 6) is 2.10. The van der Waals surface area contributed by atoms with Gasteiger partial charge in [-0.25, -0.2) is 0 Å². The Morgan fingerprint density at radius 1 is 1.27 bits per heavy atom. The number of aliphatic hydroxyl groups excluding tert-OH is 1. The van der Waals surface area contributed by atoms with Crippen molar-refractivity contribution in [3.8, 4) is 0 Å². The molecular weight excluding hydrogens is 284 g/mol. The lowest BCUT2D eigenvalue weighted by Gasteiger charge is -2.30. The summed E-state index contributed by atoms with van der Waals surface area (Å²) in [6.45, 7) is 7.14. The molecule has 0 radical (unpaired) electrons. The number of likely N-dealkylation sites (tertiary alicyclic amines) is 1. The molecule has 2 fully saturated rings. The summed E-state index contributed by atoms with van der Waals surface area (Å²) in [4.78, 5) is 16.8. The number of amides is 1. The van der Waals surface area contributed by atoms with Crippen molar-refractivity contribution in [1.29, 1.82) is 0 Å². The van der Waals surface area contributed by atoms with Crippen LogP contribution in [-0.2, 0) is 22.7 Å². The van der Waals surface area contributed by atoms with Crippen LogP contribution < -0.4 is 0 Å².